The number of hydrogen-bond acceptors (Lipinski definition) is 5. The summed E-state index contributed by atoms with van der Waals surface area (Å²) in [6.45, 7) is 0.629. The summed E-state index contributed by atoms with van der Waals surface area (Å²) in [6, 6.07) is 29.0. The van der Waals surface area contributed by atoms with E-state index >= 15 is 0 Å². The number of nitro benzene ring substituents is 1. The number of benzene rings is 3. The molecule has 0 aliphatic rings. The van der Waals surface area contributed by atoms with E-state index in [1.165, 1.54) is 18.4 Å². The number of hydrogen-bond donors (Lipinski definition) is 0. The Morgan fingerprint density at radius 1 is 0.889 bits per heavy atom. The predicted molar refractivity (Wildman–Crippen MR) is 134 cm³/mol. The van der Waals surface area contributed by atoms with Crippen LogP contribution in [0.1, 0.15) is 21.7 Å². The lowest BCUT2D eigenvalue weighted by Crippen LogP contribution is -2.30. The first-order chi connectivity index (χ1) is 17.6. The van der Waals surface area contributed by atoms with Crippen LogP contribution in [-0.4, -0.2) is 25.5 Å². The van der Waals surface area contributed by atoms with Crippen LogP contribution in [0.4, 0.5) is 5.69 Å². The number of rotatable bonds is 8. The van der Waals surface area contributed by atoms with E-state index in [1.54, 1.807) is 33.8 Å². The third kappa shape index (κ3) is 4.92. The van der Waals surface area contributed by atoms with Crippen molar-refractivity contribution in [3.8, 4) is 16.9 Å². The molecule has 5 aromatic rings. The molecule has 0 unspecified atom stereocenters. The monoisotopic (exact) mass is 478 g/mol. The molecule has 3 aromatic carbocycles. The minimum Gasteiger partial charge on any atom is -0.459 e. The van der Waals surface area contributed by atoms with E-state index < -0.39 is 4.92 Å². The fourth-order valence-corrected chi connectivity index (χ4v) is 3.99. The molecule has 0 bridgehead atoms. The van der Waals surface area contributed by atoms with Crippen LogP contribution in [0.5, 0.6) is 0 Å². The minimum atomic E-state index is -0.434. The highest BCUT2D eigenvalue weighted by Crippen LogP contribution is 2.28. The molecule has 0 aliphatic heterocycles. The topological polar surface area (TPSA) is 94.4 Å². The van der Waals surface area contributed by atoms with Crippen LogP contribution >= 0.6 is 0 Å². The SMILES string of the molecule is O=C(c1ccco1)N(Cc1ccccc1)Cc1cn(-c2ccccc2)nc1-c1ccc([N+](=O)[O-])cc1. The third-order valence-electron chi connectivity index (χ3n) is 5.76. The van der Waals surface area contributed by atoms with Gasteiger partial charge in [0.2, 0.25) is 0 Å². The number of furan rings is 1. The molecular formula is C28H22N4O4. The molecule has 0 saturated heterocycles. The number of non-ortho nitro benzene ring substituents is 1. The molecule has 0 saturated carbocycles. The van der Waals surface area contributed by atoms with Crippen molar-refractivity contribution in [2.75, 3.05) is 0 Å². The lowest BCUT2D eigenvalue weighted by molar-refractivity contribution is -0.384. The summed E-state index contributed by atoms with van der Waals surface area (Å²) in [6.07, 6.45) is 3.36. The molecule has 8 nitrogen and oxygen atoms in total. The Balaban J connectivity index is 1.56. The van der Waals surface area contributed by atoms with E-state index in [0.717, 1.165) is 22.4 Å². The number of nitrogens with zero attached hydrogens (tertiary/aromatic N) is 4. The maximum absolute atomic E-state index is 13.4. The van der Waals surface area contributed by atoms with Gasteiger partial charge in [0.15, 0.2) is 5.76 Å². The maximum atomic E-state index is 13.4. The Kier molecular flexibility index (Phi) is 6.40. The molecule has 36 heavy (non-hydrogen) atoms. The quantitative estimate of drug-likeness (QED) is 0.205. The summed E-state index contributed by atoms with van der Waals surface area (Å²) in [4.78, 5) is 25.8. The van der Waals surface area contributed by atoms with Crippen molar-refractivity contribution >= 4 is 11.6 Å². The first kappa shape index (κ1) is 22.8. The summed E-state index contributed by atoms with van der Waals surface area (Å²) in [7, 11) is 0. The molecule has 2 heterocycles. The largest absolute Gasteiger partial charge is 0.459 e. The highest BCUT2D eigenvalue weighted by atomic mass is 16.6. The zero-order valence-electron chi connectivity index (χ0n) is 19.2. The van der Waals surface area contributed by atoms with Crippen LogP contribution in [0.15, 0.2) is 114 Å². The number of amides is 1. The van der Waals surface area contributed by atoms with Crippen LogP contribution in [0, 0.1) is 10.1 Å². The minimum absolute atomic E-state index is 0.00138. The van der Waals surface area contributed by atoms with Crippen LogP contribution in [-0.2, 0) is 13.1 Å². The average molecular weight is 479 g/mol. The van der Waals surface area contributed by atoms with Gasteiger partial charge in [0.05, 0.1) is 29.1 Å². The molecule has 5 rings (SSSR count). The number of carbonyl (C=O) groups is 1. The van der Waals surface area contributed by atoms with Gasteiger partial charge in [-0.15, -0.1) is 0 Å². The Hall–Kier alpha value is -4.98. The van der Waals surface area contributed by atoms with E-state index in [4.69, 9.17) is 9.52 Å². The molecule has 0 N–H and O–H groups in total. The van der Waals surface area contributed by atoms with Gasteiger partial charge in [-0.05, 0) is 42.0 Å². The predicted octanol–water partition coefficient (Wildman–Crippen LogP) is 5.88. The van der Waals surface area contributed by atoms with Gasteiger partial charge in [-0.3, -0.25) is 14.9 Å². The third-order valence-corrected chi connectivity index (χ3v) is 5.76. The van der Waals surface area contributed by atoms with Crippen molar-refractivity contribution in [1.29, 1.82) is 0 Å². The standard InChI is InChI=1S/C28H22N4O4/c33-28(26-12-7-17-36-26)30(18-21-8-3-1-4-9-21)19-23-20-31(24-10-5-2-6-11-24)29-27(23)22-13-15-25(16-14-22)32(34)35/h1-17,20H,18-19H2. The molecule has 0 spiro atoms. The Morgan fingerprint density at radius 3 is 2.22 bits per heavy atom. The Morgan fingerprint density at radius 2 is 1.58 bits per heavy atom. The fraction of sp³-hybridized carbons (Fsp3) is 0.0714. The second kappa shape index (κ2) is 10.1. The first-order valence-electron chi connectivity index (χ1n) is 11.3. The maximum Gasteiger partial charge on any atom is 0.290 e. The summed E-state index contributed by atoms with van der Waals surface area (Å²) >= 11 is 0. The average Bonchev–Trinajstić information content (AvgIpc) is 3.60. The molecule has 8 heteroatoms. The summed E-state index contributed by atoms with van der Waals surface area (Å²) in [5.41, 5.74) is 3.99. The molecule has 178 valence electrons. The molecular weight excluding hydrogens is 456 g/mol. The van der Waals surface area contributed by atoms with Crippen LogP contribution in [0.25, 0.3) is 16.9 Å². The van der Waals surface area contributed by atoms with Crippen molar-refractivity contribution in [3.63, 3.8) is 0 Å². The molecule has 0 radical (unpaired) electrons. The number of carbonyl (C=O) groups excluding carboxylic acids is 1. The Bertz CT molecular complexity index is 1460. The summed E-state index contributed by atoms with van der Waals surface area (Å²) < 4.78 is 7.15. The van der Waals surface area contributed by atoms with E-state index in [9.17, 15) is 14.9 Å². The van der Waals surface area contributed by atoms with Crippen LogP contribution in [0.3, 0.4) is 0 Å². The first-order valence-corrected chi connectivity index (χ1v) is 11.3. The van der Waals surface area contributed by atoms with Crippen molar-refractivity contribution in [1.82, 2.24) is 14.7 Å². The lowest BCUT2D eigenvalue weighted by Gasteiger charge is -2.22. The van der Waals surface area contributed by atoms with Crippen molar-refractivity contribution in [3.05, 3.63) is 137 Å². The number of para-hydroxylation sites is 1. The van der Waals surface area contributed by atoms with E-state index in [2.05, 4.69) is 0 Å². The van der Waals surface area contributed by atoms with E-state index in [1.807, 2.05) is 66.9 Å². The van der Waals surface area contributed by atoms with Gasteiger partial charge >= 0.3 is 0 Å². The van der Waals surface area contributed by atoms with Gasteiger partial charge in [0.1, 0.15) is 0 Å². The smallest absolute Gasteiger partial charge is 0.290 e. The van der Waals surface area contributed by atoms with E-state index in [-0.39, 0.29) is 23.9 Å². The van der Waals surface area contributed by atoms with Crippen molar-refractivity contribution in [2.45, 2.75) is 13.1 Å². The van der Waals surface area contributed by atoms with Gasteiger partial charge in [-0.1, -0.05) is 48.5 Å². The zero-order valence-corrected chi connectivity index (χ0v) is 19.2. The molecule has 2 aromatic heterocycles. The van der Waals surface area contributed by atoms with Gasteiger partial charge in [0, 0.05) is 36.0 Å². The van der Waals surface area contributed by atoms with Crippen LogP contribution in [0.2, 0.25) is 0 Å². The number of aromatic nitrogens is 2. The van der Waals surface area contributed by atoms with Gasteiger partial charge in [0.25, 0.3) is 11.6 Å². The van der Waals surface area contributed by atoms with Gasteiger partial charge in [-0.2, -0.15) is 5.10 Å². The van der Waals surface area contributed by atoms with Gasteiger partial charge in [-0.25, -0.2) is 4.68 Å². The summed E-state index contributed by atoms with van der Waals surface area (Å²) in [5.74, 6) is 0.00392. The van der Waals surface area contributed by atoms with Crippen LogP contribution < -0.4 is 0 Å². The molecule has 0 aliphatic carbocycles. The fourth-order valence-electron chi connectivity index (χ4n) is 3.99. The van der Waals surface area contributed by atoms with Crippen molar-refractivity contribution < 1.29 is 14.1 Å². The van der Waals surface area contributed by atoms with Crippen molar-refractivity contribution in [2.24, 2.45) is 0 Å². The molecule has 0 fully saturated rings. The lowest BCUT2D eigenvalue weighted by atomic mass is 10.1. The second-order valence-corrected chi connectivity index (χ2v) is 8.21. The van der Waals surface area contributed by atoms with E-state index in [0.29, 0.717) is 12.2 Å². The Labute approximate surface area is 207 Å². The van der Waals surface area contributed by atoms with Gasteiger partial charge < -0.3 is 9.32 Å². The second-order valence-electron chi connectivity index (χ2n) is 8.21. The highest BCUT2D eigenvalue weighted by molar-refractivity contribution is 5.91. The molecule has 1 amide bonds. The normalized spacial score (nSPS) is 10.8. The zero-order chi connectivity index (χ0) is 24.9. The molecule has 0 atom stereocenters. The summed E-state index contributed by atoms with van der Waals surface area (Å²) in [5, 5.41) is 15.9. The highest BCUT2D eigenvalue weighted by Gasteiger charge is 2.23. The number of nitro groups is 1.